The Morgan fingerprint density at radius 2 is 1.85 bits per heavy atom. The zero-order valence-corrected chi connectivity index (χ0v) is 27.3. The minimum Gasteiger partial charge on any atom is -0.496 e. The molecule has 3 N–H and O–H groups in total. The number of halogens is 1. The van der Waals surface area contributed by atoms with Crippen LogP contribution in [0.3, 0.4) is 0 Å². The highest BCUT2D eigenvalue weighted by molar-refractivity contribution is 9.10. The number of hydrogen-bond acceptors (Lipinski definition) is 10. The maximum Gasteiger partial charge on any atom is 0.267 e. The van der Waals surface area contributed by atoms with E-state index in [0.717, 1.165) is 21.8 Å². The number of anilines is 1. The van der Waals surface area contributed by atoms with Crippen molar-refractivity contribution in [2.45, 2.75) is 11.4 Å². The number of nitrogens with two attached hydrogens (primary N) is 1. The second-order valence-corrected chi connectivity index (χ2v) is 13.0. The van der Waals surface area contributed by atoms with E-state index in [1.807, 2.05) is 24.3 Å². The first kappa shape index (κ1) is 32.7. The van der Waals surface area contributed by atoms with Gasteiger partial charge in [0, 0.05) is 21.3 Å². The van der Waals surface area contributed by atoms with Crippen LogP contribution in [0.5, 0.6) is 11.5 Å². The van der Waals surface area contributed by atoms with Gasteiger partial charge in [-0.05, 0) is 84.6 Å². The smallest absolute Gasteiger partial charge is 0.267 e. The Balaban J connectivity index is 1.35. The summed E-state index contributed by atoms with van der Waals surface area (Å²) in [5.74, 6) is 0.738. The number of carbonyl (C=O) groups is 2. The number of benzene rings is 3. The number of ether oxygens (including phenoxy) is 2. The van der Waals surface area contributed by atoms with Crippen LogP contribution in [-0.2, 0) is 26.2 Å². The van der Waals surface area contributed by atoms with E-state index in [1.54, 1.807) is 49.7 Å². The number of carbonyl (C=O) groups excluding carboxylic acids is 2. The summed E-state index contributed by atoms with van der Waals surface area (Å²) < 4.78 is 40.3. The fourth-order valence-corrected chi connectivity index (χ4v) is 5.99. The number of para-hydroxylation sites is 1. The van der Waals surface area contributed by atoms with Crippen LogP contribution in [0.1, 0.15) is 16.9 Å². The Kier molecular flexibility index (Phi) is 10.4. The number of methoxy groups -OCH3 is 1. The summed E-state index contributed by atoms with van der Waals surface area (Å²) in [4.78, 5) is 28.0. The number of amidine groups is 1. The second-order valence-electron chi connectivity index (χ2n) is 9.54. The summed E-state index contributed by atoms with van der Waals surface area (Å²) >= 11 is 4.58. The predicted molar refractivity (Wildman–Crippen MR) is 179 cm³/mol. The summed E-state index contributed by atoms with van der Waals surface area (Å²) in [5, 5.41) is 16.7. The lowest BCUT2D eigenvalue weighted by atomic mass is 10.2. The molecule has 236 valence electrons. The third kappa shape index (κ3) is 8.31. The number of sulfonamides is 1. The highest BCUT2D eigenvalue weighted by Crippen LogP contribution is 2.36. The van der Waals surface area contributed by atoms with Crippen molar-refractivity contribution >= 4 is 72.7 Å². The van der Waals surface area contributed by atoms with Gasteiger partial charge in [0.15, 0.2) is 11.8 Å². The number of furan rings is 1. The van der Waals surface area contributed by atoms with Crippen molar-refractivity contribution in [3.63, 3.8) is 0 Å². The van der Waals surface area contributed by atoms with Gasteiger partial charge in [0.1, 0.15) is 17.3 Å². The van der Waals surface area contributed by atoms with Crippen LogP contribution >= 0.6 is 27.7 Å². The van der Waals surface area contributed by atoms with E-state index in [2.05, 4.69) is 31.4 Å². The van der Waals surface area contributed by atoms with Gasteiger partial charge in [-0.25, -0.2) is 13.6 Å². The molecular formula is C31H26BrN5O7S2. The number of nitrogens with one attached hydrogen (secondary N) is 1. The summed E-state index contributed by atoms with van der Waals surface area (Å²) in [6.45, 7) is -0.218. The molecule has 1 aliphatic heterocycles. The first-order chi connectivity index (χ1) is 22.1. The zero-order valence-electron chi connectivity index (χ0n) is 24.1. The van der Waals surface area contributed by atoms with E-state index in [4.69, 9.17) is 19.0 Å². The average molecular weight is 725 g/mol. The summed E-state index contributed by atoms with van der Waals surface area (Å²) in [5.41, 5.74) is 1.62. The van der Waals surface area contributed by atoms with Gasteiger partial charge in [-0.15, -0.1) is 5.10 Å². The van der Waals surface area contributed by atoms with E-state index in [0.29, 0.717) is 38.6 Å². The van der Waals surface area contributed by atoms with Gasteiger partial charge in [0.25, 0.3) is 11.8 Å². The summed E-state index contributed by atoms with van der Waals surface area (Å²) in [6, 6.07) is 21.4. The predicted octanol–water partition coefficient (Wildman–Crippen LogP) is 5.22. The molecule has 1 aliphatic rings. The number of hydrogen-bond donors (Lipinski definition) is 2. The molecule has 0 aliphatic carbocycles. The number of primary sulfonamides is 1. The molecule has 0 atom stereocenters. The molecule has 1 fully saturated rings. The van der Waals surface area contributed by atoms with Crippen LogP contribution in [-0.4, -0.2) is 50.2 Å². The Morgan fingerprint density at radius 1 is 1.07 bits per heavy atom. The van der Waals surface area contributed by atoms with Crippen LogP contribution in [0.15, 0.2) is 114 Å². The molecule has 46 heavy (non-hydrogen) atoms. The molecule has 0 spiro atoms. The van der Waals surface area contributed by atoms with E-state index < -0.39 is 15.9 Å². The number of thioether (sulfide) groups is 1. The summed E-state index contributed by atoms with van der Waals surface area (Å²) in [6.07, 6.45) is 4.72. The molecule has 15 heteroatoms. The maximum absolute atomic E-state index is 13.6. The van der Waals surface area contributed by atoms with Crippen LogP contribution in [0.25, 0.3) is 6.08 Å². The normalized spacial score (nSPS) is 15.2. The zero-order chi connectivity index (χ0) is 32.7. The van der Waals surface area contributed by atoms with Gasteiger partial charge in [-0.3, -0.25) is 14.5 Å². The molecule has 4 aromatic rings. The van der Waals surface area contributed by atoms with Crippen LogP contribution < -0.4 is 19.9 Å². The Labute approximate surface area is 277 Å². The van der Waals surface area contributed by atoms with Crippen molar-refractivity contribution in [2.75, 3.05) is 19.0 Å². The first-order valence-electron chi connectivity index (χ1n) is 13.4. The van der Waals surface area contributed by atoms with Crippen LogP contribution in [0.4, 0.5) is 5.69 Å². The van der Waals surface area contributed by atoms with Crippen molar-refractivity contribution < 1.29 is 31.9 Å². The van der Waals surface area contributed by atoms with Crippen LogP contribution in [0, 0.1) is 0 Å². The quantitative estimate of drug-likeness (QED) is 0.121. The van der Waals surface area contributed by atoms with Gasteiger partial charge >= 0.3 is 0 Å². The molecule has 0 radical (unpaired) electrons. The third-order valence-electron chi connectivity index (χ3n) is 6.34. The first-order valence-corrected chi connectivity index (χ1v) is 16.6. The van der Waals surface area contributed by atoms with Crippen molar-refractivity contribution in [3.8, 4) is 11.5 Å². The molecule has 0 bridgehead atoms. The van der Waals surface area contributed by atoms with Gasteiger partial charge < -0.3 is 19.2 Å². The second kappa shape index (κ2) is 14.6. The Bertz CT molecular complexity index is 1940. The lowest BCUT2D eigenvalue weighted by Crippen LogP contribution is -2.28. The standard InChI is InChI=1S/C31H26BrN5O7S2/c1-42-26-7-3-2-5-20(26)17-34-36-31-37(18-24-6-4-14-43-24)30(39)28(45-31)16-21-15-22(32)8-13-27(21)44-19-29(38)35-23-9-11-25(12-10-23)46(33,40)41/h2-17H,18-19H2,1H3,(H,35,38)(H2,33,40,41)/b28-16-,34-17+,36-31-. The Morgan fingerprint density at radius 3 is 2.57 bits per heavy atom. The summed E-state index contributed by atoms with van der Waals surface area (Å²) in [7, 11) is -2.29. The van der Waals surface area contributed by atoms with Crippen LogP contribution in [0.2, 0.25) is 0 Å². The molecule has 5 rings (SSSR count). The number of nitrogens with zero attached hydrogens (tertiary/aromatic N) is 3. The number of amides is 2. The van der Waals surface area contributed by atoms with E-state index >= 15 is 0 Å². The SMILES string of the molecule is COc1ccccc1/C=N/N=C1\S/C(=C\c2cc(Br)ccc2OCC(=O)Nc2ccc(S(N)(=O)=O)cc2)C(=O)N1Cc1ccco1. The topological polar surface area (TPSA) is 166 Å². The minimum absolute atomic E-state index is 0.0761. The molecule has 3 aromatic carbocycles. The molecule has 2 amide bonds. The van der Waals surface area contributed by atoms with E-state index in [9.17, 15) is 18.0 Å². The number of rotatable bonds is 11. The monoisotopic (exact) mass is 723 g/mol. The van der Waals surface area contributed by atoms with Gasteiger partial charge in [-0.1, -0.05) is 28.1 Å². The lowest BCUT2D eigenvalue weighted by molar-refractivity contribution is -0.122. The Hall–Kier alpha value is -4.70. The molecule has 0 unspecified atom stereocenters. The van der Waals surface area contributed by atoms with E-state index in [1.165, 1.54) is 35.4 Å². The molecule has 0 saturated carbocycles. The highest BCUT2D eigenvalue weighted by atomic mass is 79.9. The average Bonchev–Trinajstić information content (AvgIpc) is 3.65. The fourth-order valence-electron chi connectivity index (χ4n) is 4.17. The van der Waals surface area contributed by atoms with Gasteiger partial charge in [0.05, 0.1) is 35.9 Å². The molecule has 12 nitrogen and oxygen atoms in total. The molecule has 2 heterocycles. The lowest BCUT2D eigenvalue weighted by Gasteiger charge is -2.13. The molecular weight excluding hydrogens is 698 g/mol. The van der Waals surface area contributed by atoms with E-state index in [-0.39, 0.29) is 24.0 Å². The maximum atomic E-state index is 13.6. The third-order valence-corrected chi connectivity index (χ3v) is 8.76. The minimum atomic E-state index is -3.85. The molecule has 1 saturated heterocycles. The van der Waals surface area contributed by atoms with Crippen molar-refractivity contribution in [1.29, 1.82) is 0 Å². The van der Waals surface area contributed by atoms with Crippen molar-refractivity contribution in [2.24, 2.45) is 15.3 Å². The molecule has 1 aromatic heterocycles. The van der Waals surface area contributed by atoms with Crippen molar-refractivity contribution in [1.82, 2.24) is 4.90 Å². The van der Waals surface area contributed by atoms with Gasteiger partial charge in [0.2, 0.25) is 10.0 Å². The fraction of sp³-hybridized carbons (Fsp3) is 0.0968. The largest absolute Gasteiger partial charge is 0.496 e. The highest BCUT2D eigenvalue weighted by Gasteiger charge is 2.34. The van der Waals surface area contributed by atoms with Crippen molar-refractivity contribution in [3.05, 3.63) is 111 Å². The van der Waals surface area contributed by atoms with Gasteiger partial charge in [-0.2, -0.15) is 5.10 Å².